The van der Waals surface area contributed by atoms with Crippen LogP contribution in [-0.4, -0.2) is 95.8 Å². The number of unbranched alkanes of at least 4 members (excludes halogenated alkanes) is 1. The maximum absolute atomic E-state index is 13.7. The molecule has 0 aliphatic carbocycles. The van der Waals surface area contributed by atoms with Gasteiger partial charge in [0.15, 0.2) is 0 Å². The van der Waals surface area contributed by atoms with E-state index in [4.69, 9.17) is 22.1 Å². The van der Waals surface area contributed by atoms with Gasteiger partial charge in [-0.25, -0.2) is 0 Å². The number of carboxylic acid groups (broad SMARTS) is 1. The molecule has 2 aliphatic heterocycles. The second kappa shape index (κ2) is 14.3. The number of nitrogens with zero attached hydrogens (tertiary/aromatic N) is 3. The fourth-order valence-electron chi connectivity index (χ4n) is 5.70. The number of aliphatic carboxylic acids is 1. The van der Waals surface area contributed by atoms with Crippen molar-refractivity contribution >= 4 is 35.2 Å². The summed E-state index contributed by atoms with van der Waals surface area (Å²) >= 11 is 6.60. The minimum absolute atomic E-state index is 0.0272. The van der Waals surface area contributed by atoms with Gasteiger partial charge in [-0.2, -0.15) is 0 Å². The Morgan fingerprint density at radius 1 is 1.10 bits per heavy atom. The highest BCUT2D eigenvalue weighted by molar-refractivity contribution is 6.34. The summed E-state index contributed by atoms with van der Waals surface area (Å²) in [6.07, 6.45) is 4.91. The summed E-state index contributed by atoms with van der Waals surface area (Å²) in [6, 6.07) is 4.74. The fourth-order valence-corrected chi connectivity index (χ4v) is 5.97. The molecule has 222 valence electrons. The Bertz CT molecular complexity index is 1070. The van der Waals surface area contributed by atoms with Crippen molar-refractivity contribution in [1.29, 1.82) is 5.41 Å². The van der Waals surface area contributed by atoms with Crippen LogP contribution in [0.25, 0.3) is 0 Å². The van der Waals surface area contributed by atoms with Crippen LogP contribution in [0.3, 0.4) is 0 Å². The zero-order chi connectivity index (χ0) is 29.4. The topological polar surface area (TPSA) is 117 Å². The highest BCUT2D eigenvalue weighted by atomic mass is 35.5. The summed E-state index contributed by atoms with van der Waals surface area (Å²) in [7, 11) is 2.09. The van der Waals surface area contributed by atoms with Gasteiger partial charge in [0.2, 0.25) is 5.91 Å². The Kier molecular flexibility index (Phi) is 11.4. The number of hydrogen-bond acceptors (Lipinski definition) is 5. The molecule has 3 rings (SSSR count). The molecule has 0 aromatic heterocycles. The molecule has 2 fully saturated rings. The van der Waals surface area contributed by atoms with Crippen LogP contribution in [0.15, 0.2) is 18.2 Å². The highest BCUT2D eigenvalue weighted by Crippen LogP contribution is 2.31. The van der Waals surface area contributed by atoms with Crippen LogP contribution < -0.4 is 5.32 Å². The largest absolute Gasteiger partial charge is 0.481 e. The summed E-state index contributed by atoms with van der Waals surface area (Å²) in [5.74, 6) is -0.663. The smallest absolute Gasteiger partial charge is 0.303 e. The zero-order valence-corrected chi connectivity index (χ0v) is 25.2. The van der Waals surface area contributed by atoms with Crippen LogP contribution in [0, 0.1) is 16.7 Å². The lowest BCUT2D eigenvalue weighted by Crippen LogP contribution is -2.55. The molecule has 0 spiro atoms. The molecule has 1 unspecified atom stereocenters. The molecular weight excluding hydrogens is 530 g/mol. The lowest BCUT2D eigenvalue weighted by molar-refractivity contribution is -0.144. The summed E-state index contributed by atoms with van der Waals surface area (Å²) in [6.45, 7) is 10.4. The van der Waals surface area contributed by atoms with E-state index < -0.39 is 17.4 Å². The third-order valence-corrected chi connectivity index (χ3v) is 8.77. The average Bonchev–Trinajstić information content (AvgIpc) is 3.14. The van der Waals surface area contributed by atoms with Gasteiger partial charge in [-0.15, -0.1) is 0 Å². The van der Waals surface area contributed by atoms with E-state index in [2.05, 4.69) is 24.2 Å². The molecule has 2 saturated heterocycles. The first-order valence-corrected chi connectivity index (χ1v) is 15.0. The number of rotatable bonds is 10. The number of amides is 2. The molecule has 2 aliphatic rings. The van der Waals surface area contributed by atoms with Crippen molar-refractivity contribution in [1.82, 2.24) is 20.0 Å². The Balaban J connectivity index is 1.70. The SMILES string of the molecule is CCCCC(NC(=O)c1ccc(C(=N)N2CCCN(C)CC2)cc1Cl)C(C)(C)C(=O)N1CCC(CC(=O)O)CC1. The summed E-state index contributed by atoms with van der Waals surface area (Å²) < 4.78 is 0. The van der Waals surface area contributed by atoms with Crippen LogP contribution in [-0.2, 0) is 9.59 Å². The van der Waals surface area contributed by atoms with Crippen molar-refractivity contribution in [3.05, 3.63) is 34.3 Å². The van der Waals surface area contributed by atoms with E-state index in [1.807, 2.05) is 23.6 Å². The Morgan fingerprint density at radius 3 is 2.42 bits per heavy atom. The minimum atomic E-state index is -0.848. The standard InChI is InChI=1S/C30H46ClN5O4/c1-5-6-8-25(30(2,3)29(40)36-15-11-21(12-16-36)19-26(37)38)33-28(39)23-10-9-22(20-24(23)31)27(32)35-14-7-13-34(4)17-18-35/h9-10,20-21,25,32H,5-8,11-19H2,1-4H3,(H,33,39)(H,37,38). The van der Waals surface area contributed by atoms with Crippen molar-refractivity contribution in [3.63, 3.8) is 0 Å². The average molecular weight is 576 g/mol. The number of likely N-dealkylation sites (tertiary alicyclic amines) is 1. The number of nitrogens with one attached hydrogen (secondary N) is 2. The van der Waals surface area contributed by atoms with Crippen molar-refractivity contribution in [2.75, 3.05) is 46.3 Å². The quantitative estimate of drug-likeness (QED) is 0.282. The summed E-state index contributed by atoms with van der Waals surface area (Å²) in [4.78, 5) is 44.3. The van der Waals surface area contributed by atoms with E-state index in [1.54, 1.807) is 18.2 Å². The molecule has 40 heavy (non-hydrogen) atoms. The van der Waals surface area contributed by atoms with Crippen LogP contribution in [0.4, 0.5) is 0 Å². The van der Waals surface area contributed by atoms with E-state index >= 15 is 0 Å². The Labute approximate surface area is 243 Å². The number of carbonyl (C=O) groups excluding carboxylic acids is 2. The summed E-state index contributed by atoms with van der Waals surface area (Å²) in [5, 5.41) is 21.2. The first-order valence-electron chi connectivity index (χ1n) is 14.6. The summed E-state index contributed by atoms with van der Waals surface area (Å²) in [5.41, 5.74) is 0.155. The van der Waals surface area contributed by atoms with Gasteiger partial charge in [0, 0.05) is 50.7 Å². The van der Waals surface area contributed by atoms with E-state index in [9.17, 15) is 14.4 Å². The van der Waals surface area contributed by atoms with Crippen molar-refractivity contribution in [3.8, 4) is 0 Å². The van der Waals surface area contributed by atoms with Gasteiger partial charge in [-0.3, -0.25) is 19.8 Å². The first kappa shape index (κ1) is 31.9. The van der Waals surface area contributed by atoms with Gasteiger partial charge in [0.1, 0.15) is 5.84 Å². The van der Waals surface area contributed by atoms with E-state index in [-0.39, 0.29) is 29.2 Å². The molecule has 10 heteroatoms. The van der Waals surface area contributed by atoms with Crippen LogP contribution in [0.5, 0.6) is 0 Å². The van der Waals surface area contributed by atoms with Crippen molar-refractivity contribution in [2.45, 2.75) is 71.8 Å². The van der Waals surface area contributed by atoms with Crippen LogP contribution in [0.2, 0.25) is 5.02 Å². The minimum Gasteiger partial charge on any atom is -0.481 e. The van der Waals surface area contributed by atoms with Gasteiger partial charge in [0.05, 0.1) is 16.0 Å². The molecular formula is C30H46ClN5O4. The van der Waals surface area contributed by atoms with Crippen molar-refractivity contribution < 1.29 is 19.5 Å². The van der Waals surface area contributed by atoms with Gasteiger partial charge in [-0.05, 0) is 71.2 Å². The lowest BCUT2D eigenvalue weighted by atomic mass is 9.79. The van der Waals surface area contributed by atoms with Crippen LogP contribution >= 0.6 is 11.6 Å². The number of halogens is 1. The molecule has 1 atom stereocenters. The molecule has 2 heterocycles. The van der Waals surface area contributed by atoms with Gasteiger partial charge >= 0.3 is 5.97 Å². The second-order valence-corrected chi connectivity index (χ2v) is 12.3. The number of carbonyl (C=O) groups is 3. The maximum atomic E-state index is 13.7. The molecule has 0 saturated carbocycles. The number of benzene rings is 1. The Morgan fingerprint density at radius 2 is 1.80 bits per heavy atom. The molecule has 3 N–H and O–H groups in total. The number of carboxylic acids is 1. The molecule has 0 bridgehead atoms. The van der Waals surface area contributed by atoms with E-state index in [0.717, 1.165) is 45.4 Å². The molecule has 0 radical (unpaired) electrons. The third-order valence-electron chi connectivity index (χ3n) is 8.46. The predicted molar refractivity (Wildman–Crippen MR) is 158 cm³/mol. The van der Waals surface area contributed by atoms with E-state index in [0.29, 0.717) is 49.3 Å². The van der Waals surface area contributed by atoms with Gasteiger partial charge < -0.3 is 25.1 Å². The number of hydrogen-bond donors (Lipinski definition) is 3. The number of likely N-dealkylation sites (N-methyl/N-ethyl adjacent to an activating group) is 1. The molecule has 2 amide bonds. The predicted octanol–water partition coefficient (Wildman–Crippen LogP) is 4.33. The lowest BCUT2D eigenvalue weighted by Gasteiger charge is -2.40. The van der Waals surface area contributed by atoms with Gasteiger partial charge in [0.25, 0.3) is 5.91 Å². The zero-order valence-electron chi connectivity index (χ0n) is 24.5. The second-order valence-electron chi connectivity index (χ2n) is 11.9. The number of piperidine rings is 1. The monoisotopic (exact) mass is 575 g/mol. The number of amidine groups is 1. The Hall–Kier alpha value is -2.65. The highest BCUT2D eigenvalue weighted by Gasteiger charge is 2.41. The first-order chi connectivity index (χ1) is 18.9. The molecule has 1 aromatic rings. The molecule has 1 aromatic carbocycles. The molecule has 9 nitrogen and oxygen atoms in total. The van der Waals surface area contributed by atoms with E-state index in [1.165, 1.54) is 0 Å². The fraction of sp³-hybridized carbons (Fsp3) is 0.667. The maximum Gasteiger partial charge on any atom is 0.303 e. The van der Waals surface area contributed by atoms with Crippen LogP contribution in [0.1, 0.15) is 81.6 Å². The van der Waals surface area contributed by atoms with Gasteiger partial charge in [-0.1, -0.05) is 37.4 Å². The normalized spacial score (nSPS) is 18.2. The third kappa shape index (κ3) is 8.19. The van der Waals surface area contributed by atoms with Crippen molar-refractivity contribution in [2.24, 2.45) is 11.3 Å².